The SMILES string of the molecule is CN(C)C(=O)[C@H](Sc1ncnc2sc(-c3ccccc3)cc12)c1ccccc1. The van der Waals surface area contributed by atoms with Crippen LogP contribution in [-0.2, 0) is 4.79 Å². The summed E-state index contributed by atoms with van der Waals surface area (Å²) in [6.45, 7) is 0. The molecule has 0 saturated heterocycles. The van der Waals surface area contributed by atoms with Gasteiger partial charge in [0.15, 0.2) is 0 Å². The van der Waals surface area contributed by atoms with E-state index in [9.17, 15) is 4.79 Å². The van der Waals surface area contributed by atoms with Gasteiger partial charge in [0.05, 0.1) is 0 Å². The molecule has 2 heterocycles. The number of amides is 1. The van der Waals surface area contributed by atoms with E-state index in [1.54, 1.807) is 36.7 Å². The number of aromatic nitrogens is 2. The van der Waals surface area contributed by atoms with Gasteiger partial charge in [0.1, 0.15) is 21.4 Å². The van der Waals surface area contributed by atoms with Gasteiger partial charge in [-0.15, -0.1) is 11.3 Å². The molecule has 140 valence electrons. The Morgan fingerprint density at radius 2 is 1.68 bits per heavy atom. The van der Waals surface area contributed by atoms with Crippen LogP contribution in [0.1, 0.15) is 10.8 Å². The summed E-state index contributed by atoms with van der Waals surface area (Å²) in [5, 5.41) is 1.46. The van der Waals surface area contributed by atoms with Crippen molar-refractivity contribution in [2.75, 3.05) is 14.1 Å². The minimum absolute atomic E-state index is 0.0430. The smallest absolute Gasteiger partial charge is 0.240 e. The van der Waals surface area contributed by atoms with Crippen molar-refractivity contribution >= 4 is 39.2 Å². The molecule has 4 nitrogen and oxygen atoms in total. The van der Waals surface area contributed by atoms with Crippen LogP contribution in [0.2, 0.25) is 0 Å². The van der Waals surface area contributed by atoms with Gasteiger partial charge < -0.3 is 4.90 Å². The molecule has 0 unspecified atom stereocenters. The number of hydrogen-bond acceptors (Lipinski definition) is 5. The summed E-state index contributed by atoms with van der Waals surface area (Å²) in [6, 6.07) is 22.2. The van der Waals surface area contributed by atoms with Crippen LogP contribution in [0.5, 0.6) is 0 Å². The lowest BCUT2D eigenvalue weighted by Gasteiger charge is -2.20. The van der Waals surface area contributed by atoms with Gasteiger partial charge in [-0.2, -0.15) is 0 Å². The average Bonchev–Trinajstić information content (AvgIpc) is 3.18. The Hall–Kier alpha value is -2.70. The largest absolute Gasteiger partial charge is 0.348 e. The third-order valence-electron chi connectivity index (χ3n) is 4.35. The van der Waals surface area contributed by atoms with E-state index in [1.807, 2.05) is 48.5 Å². The van der Waals surface area contributed by atoms with Crippen LogP contribution in [-0.4, -0.2) is 34.9 Å². The summed E-state index contributed by atoms with van der Waals surface area (Å²) in [4.78, 5) is 25.5. The van der Waals surface area contributed by atoms with Crippen molar-refractivity contribution in [2.24, 2.45) is 0 Å². The highest BCUT2D eigenvalue weighted by molar-refractivity contribution is 8.00. The van der Waals surface area contributed by atoms with Crippen LogP contribution in [0.3, 0.4) is 0 Å². The van der Waals surface area contributed by atoms with Gasteiger partial charge in [0.25, 0.3) is 0 Å². The summed E-state index contributed by atoms with van der Waals surface area (Å²) in [5.74, 6) is 0.0430. The minimum atomic E-state index is -0.352. The van der Waals surface area contributed by atoms with E-state index in [0.29, 0.717) is 0 Å². The van der Waals surface area contributed by atoms with Crippen molar-refractivity contribution < 1.29 is 4.79 Å². The quantitative estimate of drug-likeness (QED) is 0.335. The van der Waals surface area contributed by atoms with E-state index in [0.717, 1.165) is 31.2 Å². The molecular formula is C22H19N3OS2. The zero-order valence-electron chi connectivity index (χ0n) is 15.6. The molecule has 0 aliphatic rings. The van der Waals surface area contributed by atoms with Crippen LogP contribution < -0.4 is 0 Å². The van der Waals surface area contributed by atoms with Crippen LogP contribution in [0.25, 0.3) is 20.7 Å². The maximum Gasteiger partial charge on any atom is 0.240 e. The van der Waals surface area contributed by atoms with Gasteiger partial charge in [0, 0.05) is 24.4 Å². The number of hydrogen-bond donors (Lipinski definition) is 0. The molecule has 0 saturated carbocycles. The minimum Gasteiger partial charge on any atom is -0.348 e. The molecule has 0 N–H and O–H groups in total. The molecule has 1 amide bonds. The summed E-state index contributed by atoms with van der Waals surface area (Å²) in [7, 11) is 3.57. The second-order valence-corrected chi connectivity index (χ2v) is 8.64. The van der Waals surface area contributed by atoms with Gasteiger partial charge in [-0.05, 0) is 17.2 Å². The molecule has 4 rings (SSSR count). The van der Waals surface area contributed by atoms with Crippen LogP contribution in [0, 0.1) is 0 Å². The first-order chi connectivity index (χ1) is 13.6. The normalized spacial score (nSPS) is 12.1. The van der Waals surface area contributed by atoms with Gasteiger partial charge in [-0.25, -0.2) is 9.97 Å². The fourth-order valence-corrected chi connectivity index (χ4v) is 5.20. The van der Waals surface area contributed by atoms with E-state index in [-0.39, 0.29) is 11.2 Å². The third-order valence-corrected chi connectivity index (χ3v) is 6.70. The lowest BCUT2D eigenvalue weighted by molar-refractivity contribution is -0.128. The number of benzene rings is 2. The van der Waals surface area contributed by atoms with Crippen LogP contribution in [0.4, 0.5) is 0 Å². The topological polar surface area (TPSA) is 46.1 Å². The lowest BCUT2D eigenvalue weighted by Crippen LogP contribution is -2.26. The van der Waals surface area contributed by atoms with Crippen LogP contribution in [0.15, 0.2) is 78.1 Å². The predicted molar refractivity (Wildman–Crippen MR) is 117 cm³/mol. The number of thiophene rings is 1. The highest BCUT2D eigenvalue weighted by Gasteiger charge is 2.25. The zero-order valence-corrected chi connectivity index (χ0v) is 17.2. The molecule has 1 atom stereocenters. The van der Waals surface area contributed by atoms with Gasteiger partial charge in [0.2, 0.25) is 5.91 Å². The van der Waals surface area contributed by atoms with Gasteiger partial charge in [-0.1, -0.05) is 72.4 Å². The standard InChI is InChI=1S/C22H19N3OS2/c1-25(2)22(26)19(16-11-7-4-8-12-16)28-21-17-13-18(15-9-5-3-6-10-15)27-20(17)23-14-24-21/h3-14,19H,1-2H3/t19-/m1/s1. The maximum atomic E-state index is 12.9. The van der Waals surface area contributed by atoms with Gasteiger partial charge in [-0.3, -0.25) is 4.79 Å². The van der Waals surface area contributed by atoms with E-state index < -0.39 is 0 Å². The summed E-state index contributed by atoms with van der Waals surface area (Å²) in [5.41, 5.74) is 2.13. The van der Waals surface area contributed by atoms with Gasteiger partial charge >= 0.3 is 0 Å². The summed E-state index contributed by atoms with van der Waals surface area (Å²) >= 11 is 3.12. The highest BCUT2D eigenvalue weighted by Crippen LogP contribution is 2.41. The Morgan fingerprint density at radius 1 is 1.00 bits per heavy atom. The summed E-state index contributed by atoms with van der Waals surface area (Å²) in [6.07, 6.45) is 1.58. The molecule has 4 aromatic rings. The molecule has 0 radical (unpaired) electrons. The molecule has 0 aliphatic carbocycles. The number of carbonyl (C=O) groups excluding carboxylic acids is 1. The number of fused-ring (bicyclic) bond motifs is 1. The van der Waals surface area contributed by atoms with Crippen molar-refractivity contribution in [3.63, 3.8) is 0 Å². The maximum absolute atomic E-state index is 12.9. The molecule has 2 aromatic heterocycles. The van der Waals surface area contributed by atoms with Crippen LogP contribution >= 0.6 is 23.1 Å². The van der Waals surface area contributed by atoms with E-state index in [1.165, 1.54) is 11.8 Å². The van der Waals surface area contributed by atoms with Crippen molar-refractivity contribution in [3.8, 4) is 10.4 Å². The Morgan fingerprint density at radius 3 is 2.36 bits per heavy atom. The molecule has 28 heavy (non-hydrogen) atoms. The Bertz CT molecular complexity index is 1090. The monoisotopic (exact) mass is 405 g/mol. The van der Waals surface area contributed by atoms with E-state index >= 15 is 0 Å². The van der Waals surface area contributed by atoms with E-state index in [2.05, 4.69) is 28.2 Å². The second kappa shape index (κ2) is 8.12. The molecule has 0 aliphatic heterocycles. The van der Waals surface area contributed by atoms with Crippen molar-refractivity contribution in [1.29, 1.82) is 0 Å². The third kappa shape index (κ3) is 3.79. The fourth-order valence-electron chi connectivity index (χ4n) is 2.91. The first-order valence-electron chi connectivity index (χ1n) is 8.86. The number of nitrogens with zero attached hydrogens (tertiary/aromatic N) is 3. The first-order valence-corrected chi connectivity index (χ1v) is 10.6. The number of thioether (sulfide) groups is 1. The molecule has 0 bridgehead atoms. The van der Waals surface area contributed by atoms with Crippen molar-refractivity contribution in [1.82, 2.24) is 14.9 Å². The zero-order chi connectivity index (χ0) is 19.5. The average molecular weight is 406 g/mol. The second-order valence-electron chi connectivity index (χ2n) is 6.52. The lowest BCUT2D eigenvalue weighted by atomic mass is 10.1. The Kier molecular flexibility index (Phi) is 5.41. The molecule has 0 spiro atoms. The molecule has 2 aromatic carbocycles. The van der Waals surface area contributed by atoms with Crippen molar-refractivity contribution in [3.05, 3.63) is 78.6 Å². The first kappa shape index (κ1) is 18.7. The molecule has 0 fully saturated rings. The Labute approximate surface area is 172 Å². The Balaban J connectivity index is 1.75. The highest BCUT2D eigenvalue weighted by atomic mass is 32.2. The number of carbonyl (C=O) groups is 1. The number of rotatable bonds is 5. The number of likely N-dealkylation sites (N-methyl/N-ethyl adjacent to an activating group) is 1. The summed E-state index contributed by atoms with van der Waals surface area (Å²) < 4.78 is 0. The predicted octanol–water partition coefficient (Wildman–Crippen LogP) is 5.28. The van der Waals surface area contributed by atoms with Crippen molar-refractivity contribution in [2.45, 2.75) is 10.3 Å². The molecular weight excluding hydrogens is 386 g/mol. The van der Waals surface area contributed by atoms with E-state index in [4.69, 9.17) is 0 Å². The molecule has 6 heteroatoms. The fraction of sp³-hybridized carbons (Fsp3) is 0.136.